The highest BCUT2D eigenvalue weighted by Gasteiger charge is 2.21. The Morgan fingerprint density at radius 1 is 1.45 bits per heavy atom. The van der Waals surface area contributed by atoms with E-state index in [-0.39, 0.29) is 15.4 Å². The Labute approximate surface area is 126 Å². The van der Waals surface area contributed by atoms with Crippen LogP contribution in [0.4, 0.5) is 0 Å². The van der Waals surface area contributed by atoms with E-state index < -0.39 is 0 Å². The number of nitro groups is 1. The number of alkyl halides is 1. The van der Waals surface area contributed by atoms with Crippen molar-refractivity contribution in [1.82, 2.24) is 0 Å². The molecule has 4 nitrogen and oxygen atoms in total. The summed E-state index contributed by atoms with van der Waals surface area (Å²) >= 11 is 3.51. The topological polar surface area (TPSA) is 52.4 Å². The summed E-state index contributed by atoms with van der Waals surface area (Å²) in [5.41, 5.74) is 1.79. The van der Waals surface area contributed by atoms with Gasteiger partial charge in [-0.1, -0.05) is 34.1 Å². The summed E-state index contributed by atoms with van der Waals surface area (Å²) in [5.74, 6) is 0.738. The second kappa shape index (κ2) is 6.70. The van der Waals surface area contributed by atoms with Gasteiger partial charge in [-0.15, -0.1) is 0 Å². The monoisotopic (exact) mass is 337 g/mol. The first-order valence-electron chi connectivity index (χ1n) is 6.45. The van der Waals surface area contributed by atoms with Gasteiger partial charge in [0.05, 0.1) is 12.0 Å². The second-order valence-electron chi connectivity index (χ2n) is 4.66. The number of nitrogens with zero attached hydrogens (tertiary/aromatic N) is 1. The number of methoxy groups -OCH3 is 1. The predicted octanol–water partition coefficient (Wildman–Crippen LogP) is 4.19. The molecule has 106 valence electrons. The van der Waals surface area contributed by atoms with Crippen LogP contribution in [0, 0.1) is 10.1 Å². The van der Waals surface area contributed by atoms with Crippen molar-refractivity contribution < 1.29 is 9.66 Å². The molecule has 0 N–H and O–H groups in total. The van der Waals surface area contributed by atoms with Gasteiger partial charge in [0, 0.05) is 16.5 Å². The van der Waals surface area contributed by atoms with Crippen LogP contribution in [0.5, 0.6) is 5.75 Å². The molecule has 5 heteroatoms. The van der Waals surface area contributed by atoms with Gasteiger partial charge in [0.2, 0.25) is 0 Å². The molecule has 0 saturated carbocycles. The maximum absolute atomic E-state index is 11.3. The number of hydrogen-bond acceptors (Lipinski definition) is 3. The summed E-state index contributed by atoms with van der Waals surface area (Å²) in [6.45, 7) is 0. The van der Waals surface area contributed by atoms with Gasteiger partial charge in [-0.2, -0.15) is 0 Å². The minimum atomic E-state index is -0.304. The molecule has 1 aromatic carbocycles. The van der Waals surface area contributed by atoms with Crippen LogP contribution in [0.3, 0.4) is 0 Å². The lowest BCUT2D eigenvalue weighted by atomic mass is 9.96. The second-order valence-corrected chi connectivity index (χ2v) is 5.84. The summed E-state index contributed by atoms with van der Waals surface area (Å²) in [6, 6.07) is 7.23. The van der Waals surface area contributed by atoms with Gasteiger partial charge in [0.15, 0.2) is 0 Å². The lowest BCUT2D eigenvalue weighted by molar-refractivity contribution is -0.419. The molecule has 1 aliphatic carbocycles. The fourth-order valence-corrected chi connectivity index (χ4v) is 2.85. The molecule has 20 heavy (non-hydrogen) atoms. The molecule has 0 amide bonds. The third-order valence-electron chi connectivity index (χ3n) is 3.25. The van der Waals surface area contributed by atoms with E-state index in [0.29, 0.717) is 0 Å². The molecular formula is C15H16BrNO3. The van der Waals surface area contributed by atoms with Crippen LogP contribution in [0.15, 0.2) is 41.6 Å². The molecule has 1 atom stereocenters. The fourth-order valence-electron chi connectivity index (χ4n) is 2.21. The smallest absolute Gasteiger partial charge is 0.272 e. The number of ether oxygens (including phenoxy) is 1. The van der Waals surface area contributed by atoms with Crippen LogP contribution in [-0.4, -0.2) is 16.9 Å². The molecule has 0 aliphatic heterocycles. The van der Waals surface area contributed by atoms with Crippen molar-refractivity contribution in [2.75, 3.05) is 7.11 Å². The molecule has 1 aliphatic rings. The Balaban J connectivity index is 2.32. The highest BCUT2D eigenvalue weighted by Crippen LogP contribution is 2.29. The lowest BCUT2D eigenvalue weighted by Gasteiger charge is -2.14. The Morgan fingerprint density at radius 2 is 2.15 bits per heavy atom. The first-order chi connectivity index (χ1) is 9.60. The van der Waals surface area contributed by atoms with Crippen molar-refractivity contribution in [2.24, 2.45) is 0 Å². The van der Waals surface area contributed by atoms with Gasteiger partial charge in [0.25, 0.3) is 5.70 Å². The van der Waals surface area contributed by atoms with Gasteiger partial charge in [-0.25, -0.2) is 0 Å². The zero-order chi connectivity index (χ0) is 14.5. The van der Waals surface area contributed by atoms with Crippen LogP contribution >= 0.6 is 15.9 Å². The van der Waals surface area contributed by atoms with E-state index in [4.69, 9.17) is 4.74 Å². The maximum Gasteiger partial charge on any atom is 0.272 e. The summed E-state index contributed by atoms with van der Waals surface area (Å²) in [4.78, 5) is 11.2. The summed E-state index contributed by atoms with van der Waals surface area (Å²) in [7, 11) is 1.59. The summed E-state index contributed by atoms with van der Waals surface area (Å²) in [5, 5.41) is 11.3. The SMILES string of the molecule is COc1ccc(/C=C(\C2=CC(Br)CCC2)[N+](=O)[O-])cc1. The van der Waals surface area contributed by atoms with Crippen molar-refractivity contribution in [3.8, 4) is 5.75 Å². The molecule has 0 spiro atoms. The van der Waals surface area contributed by atoms with Crippen LogP contribution in [0.1, 0.15) is 24.8 Å². The van der Waals surface area contributed by atoms with Crippen LogP contribution in [-0.2, 0) is 0 Å². The minimum absolute atomic E-state index is 0.180. The van der Waals surface area contributed by atoms with Crippen molar-refractivity contribution >= 4 is 22.0 Å². The normalized spacial score (nSPS) is 19.4. The quantitative estimate of drug-likeness (QED) is 0.470. The molecule has 1 unspecified atom stereocenters. The fraction of sp³-hybridized carbons (Fsp3) is 0.333. The van der Waals surface area contributed by atoms with Gasteiger partial charge < -0.3 is 4.74 Å². The first kappa shape index (κ1) is 14.8. The predicted molar refractivity (Wildman–Crippen MR) is 82.6 cm³/mol. The number of hydrogen-bond donors (Lipinski definition) is 0. The van der Waals surface area contributed by atoms with E-state index in [1.807, 2.05) is 18.2 Å². The highest BCUT2D eigenvalue weighted by molar-refractivity contribution is 9.09. The molecule has 0 bridgehead atoms. The highest BCUT2D eigenvalue weighted by atomic mass is 79.9. The zero-order valence-electron chi connectivity index (χ0n) is 11.2. The van der Waals surface area contributed by atoms with E-state index in [9.17, 15) is 10.1 Å². The number of halogens is 1. The van der Waals surface area contributed by atoms with Crippen LogP contribution in [0.2, 0.25) is 0 Å². The van der Waals surface area contributed by atoms with Crippen molar-refractivity contribution in [1.29, 1.82) is 0 Å². The van der Waals surface area contributed by atoms with Crippen molar-refractivity contribution in [3.05, 3.63) is 57.3 Å². The van der Waals surface area contributed by atoms with E-state index in [1.54, 1.807) is 25.3 Å². The lowest BCUT2D eigenvalue weighted by Crippen LogP contribution is -2.09. The van der Waals surface area contributed by atoms with Gasteiger partial charge >= 0.3 is 0 Å². The summed E-state index contributed by atoms with van der Waals surface area (Å²) in [6.07, 6.45) is 6.32. The van der Waals surface area contributed by atoms with Gasteiger partial charge in [-0.3, -0.25) is 10.1 Å². The van der Waals surface area contributed by atoms with E-state index in [0.717, 1.165) is 36.1 Å². The number of rotatable bonds is 4. The molecule has 0 aromatic heterocycles. The molecule has 0 fully saturated rings. The third-order valence-corrected chi connectivity index (χ3v) is 3.98. The van der Waals surface area contributed by atoms with Gasteiger partial charge in [-0.05, 0) is 37.0 Å². The van der Waals surface area contributed by atoms with Crippen molar-refractivity contribution in [2.45, 2.75) is 24.1 Å². The molecule has 2 rings (SSSR count). The van der Waals surface area contributed by atoms with E-state index in [2.05, 4.69) is 15.9 Å². The molecule has 0 heterocycles. The largest absolute Gasteiger partial charge is 0.497 e. The molecule has 0 saturated heterocycles. The molecule has 1 aromatic rings. The van der Waals surface area contributed by atoms with Crippen LogP contribution in [0.25, 0.3) is 6.08 Å². The standard InChI is InChI=1S/C15H16BrNO3/c1-20-14-7-5-11(6-8-14)9-15(17(18)19)12-3-2-4-13(16)10-12/h5-10,13H,2-4H2,1H3/b15-9+. The zero-order valence-corrected chi connectivity index (χ0v) is 12.8. The molecular weight excluding hydrogens is 322 g/mol. The minimum Gasteiger partial charge on any atom is -0.497 e. The Morgan fingerprint density at radius 3 is 2.70 bits per heavy atom. The average molecular weight is 338 g/mol. The third kappa shape index (κ3) is 3.70. The average Bonchev–Trinajstić information content (AvgIpc) is 2.45. The van der Waals surface area contributed by atoms with Crippen molar-refractivity contribution in [3.63, 3.8) is 0 Å². The maximum atomic E-state index is 11.3. The Bertz CT molecular complexity index is 549. The molecule has 0 radical (unpaired) electrons. The Hall–Kier alpha value is -1.62. The van der Waals surface area contributed by atoms with Gasteiger partial charge in [0.1, 0.15) is 5.75 Å². The Kier molecular flexibility index (Phi) is 4.95. The summed E-state index contributed by atoms with van der Waals surface area (Å²) < 4.78 is 5.08. The number of allylic oxidation sites excluding steroid dienone is 2. The number of benzene rings is 1. The van der Waals surface area contributed by atoms with Crippen LogP contribution < -0.4 is 4.74 Å². The van der Waals surface area contributed by atoms with E-state index in [1.165, 1.54) is 0 Å². The van der Waals surface area contributed by atoms with E-state index >= 15 is 0 Å². The first-order valence-corrected chi connectivity index (χ1v) is 7.37.